The summed E-state index contributed by atoms with van der Waals surface area (Å²) in [6.07, 6.45) is 1.27. The topological polar surface area (TPSA) is 27.7 Å². The molecule has 18 heavy (non-hydrogen) atoms. The first-order valence-corrected chi connectivity index (χ1v) is 7.55. The van der Waals surface area contributed by atoms with E-state index in [0.29, 0.717) is 6.04 Å². The lowest BCUT2D eigenvalue weighted by molar-refractivity contribution is 0.0620. The zero-order valence-electron chi connectivity index (χ0n) is 12.5. The maximum atomic E-state index is 5.51. The molecule has 0 aliphatic carbocycles. The lowest BCUT2D eigenvalue weighted by Crippen LogP contribution is -2.48. The van der Waals surface area contributed by atoms with E-state index in [2.05, 4.69) is 35.9 Å². The van der Waals surface area contributed by atoms with E-state index in [1.54, 1.807) is 0 Å². The normalized spacial score (nSPS) is 20.8. The van der Waals surface area contributed by atoms with Gasteiger partial charge in [0.25, 0.3) is 0 Å². The third-order valence-corrected chi connectivity index (χ3v) is 3.77. The van der Waals surface area contributed by atoms with Crippen molar-refractivity contribution >= 4 is 0 Å². The molecule has 1 N–H and O–H groups in total. The number of likely N-dealkylation sites (N-methyl/N-ethyl adjacent to an activating group) is 1. The fourth-order valence-corrected chi connectivity index (χ4v) is 2.48. The maximum absolute atomic E-state index is 5.51. The highest BCUT2D eigenvalue weighted by atomic mass is 16.5. The summed E-state index contributed by atoms with van der Waals surface area (Å²) in [5, 5.41) is 3.53. The zero-order valence-corrected chi connectivity index (χ0v) is 12.5. The Bertz CT molecular complexity index is 191. The van der Waals surface area contributed by atoms with Crippen LogP contribution in [0.2, 0.25) is 0 Å². The molecule has 1 heterocycles. The molecule has 0 amide bonds. The minimum absolute atomic E-state index is 0.521. The Morgan fingerprint density at radius 2 is 1.72 bits per heavy atom. The van der Waals surface area contributed by atoms with Crippen LogP contribution in [0.15, 0.2) is 0 Å². The highest BCUT2D eigenvalue weighted by Crippen LogP contribution is 2.00. The Kier molecular flexibility index (Phi) is 8.59. The monoisotopic (exact) mass is 257 g/mol. The van der Waals surface area contributed by atoms with Crippen LogP contribution in [0.4, 0.5) is 0 Å². The lowest BCUT2D eigenvalue weighted by Gasteiger charge is -2.30. The van der Waals surface area contributed by atoms with Crippen LogP contribution in [0, 0.1) is 0 Å². The van der Waals surface area contributed by atoms with Crippen molar-refractivity contribution in [3.8, 4) is 0 Å². The molecule has 1 aliphatic heterocycles. The molecule has 4 nitrogen and oxygen atoms in total. The van der Waals surface area contributed by atoms with Crippen molar-refractivity contribution in [3.63, 3.8) is 0 Å². The highest BCUT2D eigenvalue weighted by Gasteiger charge is 2.16. The average molecular weight is 257 g/mol. The summed E-state index contributed by atoms with van der Waals surface area (Å²) in [6.45, 7) is 16.5. The van der Waals surface area contributed by atoms with Crippen molar-refractivity contribution in [2.75, 3.05) is 59.0 Å². The second-order valence-electron chi connectivity index (χ2n) is 5.00. The van der Waals surface area contributed by atoms with Gasteiger partial charge in [0, 0.05) is 19.1 Å². The molecule has 4 heteroatoms. The van der Waals surface area contributed by atoms with Crippen LogP contribution < -0.4 is 5.32 Å². The fraction of sp³-hybridized carbons (Fsp3) is 1.00. The molecule has 0 bridgehead atoms. The van der Waals surface area contributed by atoms with Crippen molar-refractivity contribution in [2.24, 2.45) is 0 Å². The van der Waals surface area contributed by atoms with E-state index in [4.69, 9.17) is 4.74 Å². The van der Waals surface area contributed by atoms with Crippen LogP contribution in [0.1, 0.15) is 27.2 Å². The van der Waals surface area contributed by atoms with Gasteiger partial charge >= 0.3 is 0 Å². The first-order chi connectivity index (χ1) is 8.80. The van der Waals surface area contributed by atoms with Gasteiger partial charge in [-0.25, -0.2) is 0 Å². The SMILES string of the molecule is CCN(CC)CCCN(CC)CC1COCCN1. The van der Waals surface area contributed by atoms with Gasteiger partial charge in [0.15, 0.2) is 0 Å². The molecule has 1 aliphatic rings. The zero-order chi connectivity index (χ0) is 13.2. The van der Waals surface area contributed by atoms with Gasteiger partial charge in [0.1, 0.15) is 0 Å². The smallest absolute Gasteiger partial charge is 0.0632 e. The van der Waals surface area contributed by atoms with E-state index in [9.17, 15) is 0 Å². The molecule has 0 aromatic heterocycles. The van der Waals surface area contributed by atoms with Gasteiger partial charge in [-0.05, 0) is 39.1 Å². The lowest BCUT2D eigenvalue weighted by atomic mass is 10.2. The third kappa shape index (κ3) is 6.14. The number of hydrogen-bond donors (Lipinski definition) is 1. The Morgan fingerprint density at radius 3 is 2.28 bits per heavy atom. The van der Waals surface area contributed by atoms with Crippen LogP contribution in [0.25, 0.3) is 0 Å². The number of nitrogens with zero attached hydrogens (tertiary/aromatic N) is 2. The second kappa shape index (κ2) is 9.73. The van der Waals surface area contributed by atoms with Gasteiger partial charge in [-0.1, -0.05) is 20.8 Å². The summed E-state index contributed by atoms with van der Waals surface area (Å²) in [7, 11) is 0. The van der Waals surface area contributed by atoms with Gasteiger partial charge in [0.2, 0.25) is 0 Å². The van der Waals surface area contributed by atoms with Crippen LogP contribution >= 0.6 is 0 Å². The Morgan fingerprint density at radius 1 is 1.06 bits per heavy atom. The summed E-state index contributed by atoms with van der Waals surface area (Å²) in [5.41, 5.74) is 0. The second-order valence-corrected chi connectivity index (χ2v) is 5.00. The molecule has 1 unspecified atom stereocenters. The molecule has 0 saturated carbocycles. The summed E-state index contributed by atoms with van der Waals surface area (Å²) < 4.78 is 5.51. The minimum atomic E-state index is 0.521. The first kappa shape index (κ1) is 15.9. The molecule has 1 atom stereocenters. The van der Waals surface area contributed by atoms with E-state index in [-0.39, 0.29) is 0 Å². The number of ether oxygens (including phenoxy) is 1. The summed E-state index contributed by atoms with van der Waals surface area (Å²) in [5.74, 6) is 0. The standard InChI is InChI=1S/C14H31N3O/c1-4-16(5-2)9-7-10-17(6-3)12-14-13-18-11-8-15-14/h14-15H,4-13H2,1-3H3. The molecule has 0 radical (unpaired) electrons. The van der Waals surface area contributed by atoms with Crippen molar-refractivity contribution in [1.29, 1.82) is 0 Å². The molecular weight excluding hydrogens is 226 g/mol. The van der Waals surface area contributed by atoms with Crippen molar-refractivity contribution in [1.82, 2.24) is 15.1 Å². The Hall–Kier alpha value is -0.160. The summed E-state index contributed by atoms with van der Waals surface area (Å²) in [6, 6.07) is 0.521. The van der Waals surface area contributed by atoms with Crippen molar-refractivity contribution in [3.05, 3.63) is 0 Å². The van der Waals surface area contributed by atoms with Crippen molar-refractivity contribution in [2.45, 2.75) is 33.2 Å². The van der Waals surface area contributed by atoms with E-state index in [1.165, 1.54) is 32.6 Å². The predicted octanol–water partition coefficient (Wildman–Crippen LogP) is 1.03. The molecule has 0 aromatic carbocycles. The van der Waals surface area contributed by atoms with E-state index in [0.717, 1.165) is 32.8 Å². The van der Waals surface area contributed by atoms with Gasteiger partial charge in [-0.2, -0.15) is 0 Å². The average Bonchev–Trinajstić information content (AvgIpc) is 2.43. The minimum Gasteiger partial charge on any atom is -0.378 e. The van der Waals surface area contributed by atoms with Crippen LogP contribution in [0.3, 0.4) is 0 Å². The number of nitrogens with one attached hydrogen (secondary N) is 1. The van der Waals surface area contributed by atoms with Gasteiger partial charge in [-0.15, -0.1) is 0 Å². The van der Waals surface area contributed by atoms with Gasteiger partial charge < -0.3 is 19.9 Å². The number of morpholine rings is 1. The predicted molar refractivity (Wildman–Crippen MR) is 77.1 cm³/mol. The quantitative estimate of drug-likeness (QED) is 0.668. The summed E-state index contributed by atoms with van der Waals surface area (Å²) >= 11 is 0. The molecule has 0 spiro atoms. The highest BCUT2D eigenvalue weighted by molar-refractivity contribution is 4.74. The maximum Gasteiger partial charge on any atom is 0.0632 e. The fourth-order valence-electron chi connectivity index (χ4n) is 2.48. The molecule has 1 saturated heterocycles. The van der Waals surface area contributed by atoms with Crippen LogP contribution in [0.5, 0.6) is 0 Å². The molecule has 108 valence electrons. The van der Waals surface area contributed by atoms with E-state index in [1.807, 2.05) is 0 Å². The largest absolute Gasteiger partial charge is 0.378 e. The molecule has 0 aromatic rings. The molecule has 1 fully saturated rings. The van der Waals surface area contributed by atoms with Crippen LogP contribution in [-0.2, 0) is 4.74 Å². The molecular formula is C14H31N3O. The van der Waals surface area contributed by atoms with Gasteiger partial charge in [0.05, 0.1) is 13.2 Å². The number of hydrogen-bond acceptors (Lipinski definition) is 4. The Balaban J connectivity index is 2.16. The first-order valence-electron chi connectivity index (χ1n) is 7.55. The van der Waals surface area contributed by atoms with E-state index < -0.39 is 0 Å². The van der Waals surface area contributed by atoms with Crippen LogP contribution in [-0.4, -0.2) is 74.9 Å². The summed E-state index contributed by atoms with van der Waals surface area (Å²) in [4.78, 5) is 5.03. The van der Waals surface area contributed by atoms with E-state index >= 15 is 0 Å². The Labute approximate surface area is 113 Å². The van der Waals surface area contributed by atoms with Crippen molar-refractivity contribution < 1.29 is 4.74 Å². The number of rotatable bonds is 9. The third-order valence-electron chi connectivity index (χ3n) is 3.77. The van der Waals surface area contributed by atoms with Gasteiger partial charge in [-0.3, -0.25) is 0 Å². The molecule has 1 rings (SSSR count).